The van der Waals surface area contributed by atoms with Crippen LogP contribution in [0.5, 0.6) is 0 Å². The molecule has 8 heteroatoms. The summed E-state index contributed by atoms with van der Waals surface area (Å²) in [7, 11) is 0. The van der Waals surface area contributed by atoms with E-state index in [1.807, 2.05) is 0 Å². The summed E-state index contributed by atoms with van der Waals surface area (Å²) in [5, 5.41) is 21.2. The molecule has 1 N–H and O–H groups in total. The zero-order chi connectivity index (χ0) is 13.5. The van der Waals surface area contributed by atoms with Gasteiger partial charge in [0, 0.05) is 18.0 Å². The number of carboxylic acids is 1. The minimum atomic E-state index is -1.05. The summed E-state index contributed by atoms with van der Waals surface area (Å²) in [6.07, 6.45) is 4.92. The van der Waals surface area contributed by atoms with Gasteiger partial charge in [0.05, 0.1) is 5.02 Å². The molecular weight excluding hydrogens is 270 g/mol. The monoisotopic (exact) mass is 279 g/mol. The Bertz CT molecular complexity index is 638. The van der Waals surface area contributed by atoms with Crippen LogP contribution in [0.1, 0.15) is 19.3 Å². The van der Waals surface area contributed by atoms with Crippen molar-refractivity contribution in [1.82, 2.24) is 25.2 Å². The van der Waals surface area contributed by atoms with Crippen LogP contribution >= 0.6 is 11.6 Å². The number of hydrogen-bond acceptors (Lipinski definition) is 5. The minimum Gasteiger partial charge on any atom is -0.479 e. The van der Waals surface area contributed by atoms with E-state index in [2.05, 4.69) is 20.5 Å². The topological polar surface area (TPSA) is 93.8 Å². The fourth-order valence-corrected chi connectivity index (χ4v) is 2.43. The number of tetrazole rings is 1. The molecule has 98 valence electrons. The van der Waals surface area contributed by atoms with Crippen LogP contribution < -0.4 is 0 Å². The molecule has 0 saturated heterocycles. The summed E-state index contributed by atoms with van der Waals surface area (Å²) in [5.41, 5.74) is -0.472. The van der Waals surface area contributed by atoms with Gasteiger partial charge in [-0.05, 0) is 35.8 Å². The third-order valence-electron chi connectivity index (χ3n) is 3.47. The Morgan fingerprint density at radius 3 is 2.84 bits per heavy atom. The average Bonchev–Trinajstić information content (AvgIpc) is 2.77. The van der Waals surface area contributed by atoms with Gasteiger partial charge in [-0.25, -0.2) is 9.48 Å². The minimum absolute atomic E-state index is 0.356. The first kappa shape index (κ1) is 12.0. The van der Waals surface area contributed by atoms with Crippen molar-refractivity contribution < 1.29 is 9.90 Å². The van der Waals surface area contributed by atoms with Gasteiger partial charge in [0.2, 0.25) is 0 Å². The van der Waals surface area contributed by atoms with Gasteiger partial charge in [-0.3, -0.25) is 4.98 Å². The summed E-state index contributed by atoms with van der Waals surface area (Å²) >= 11 is 6.06. The van der Waals surface area contributed by atoms with Crippen LogP contribution in [0, 0.1) is 0 Å². The fraction of sp³-hybridized carbons (Fsp3) is 0.364. The maximum absolute atomic E-state index is 11.5. The molecule has 2 aromatic heterocycles. The van der Waals surface area contributed by atoms with Gasteiger partial charge in [0.25, 0.3) is 0 Å². The molecule has 3 rings (SSSR count). The van der Waals surface area contributed by atoms with Crippen LogP contribution in [0.2, 0.25) is 5.02 Å². The highest BCUT2D eigenvalue weighted by Crippen LogP contribution is 2.41. The van der Waals surface area contributed by atoms with Crippen molar-refractivity contribution >= 4 is 17.6 Å². The number of carboxylic acid groups (broad SMARTS) is 1. The zero-order valence-electron chi connectivity index (χ0n) is 9.82. The Hall–Kier alpha value is -2.02. The molecule has 1 saturated carbocycles. The lowest BCUT2D eigenvalue weighted by Crippen LogP contribution is -2.48. The first-order valence-corrected chi connectivity index (χ1v) is 6.15. The van der Waals surface area contributed by atoms with Crippen molar-refractivity contribution in [1.29, 1.82) is 0 Å². The Morgan fingerprint density at radius 1 is 1.47 bits per heavy atom. The second-order valence-corrected chi connectivity index (χ2v) is 4.87. The predicted molar refractivity (Wildman–Crippen MR) is 65.5 cm³/mol. The molecule has 0 amide bonds. The molecule has 19 heavy (non-hydrogen) atoms. The van der Waals surface area contributed by atoms with E-state index in [1.165, 1.54) is 10.9 Å². The molecule has 0 aliphatic heterocycles. The Kier molecular flexibility index (Phi) is 2.70. The molecule has 0 unspecified atom stereocenters. The molecule has 0 atom stereocenters. The first-order valence-electron chi connectivity index (χ1n) is 5.77. The lowest BCUT2D eigenvalue weighted by Gasteiger charge is -2.37. The maximum Gasteiger partial charge on any atom is 0.331 e. The smallest absolute Gasteiger partial charge is 0.331 e. The number of pyridine rings is 1. The summed E-state index contributed by atoms with van der Waals surface area (Å²) in [6.45, 7) is 0. The number of aliphatic carboxylic acids is 1. The Labute approximate surface area is 113 Å². The van der Waals surface area contributed by atoms with Gasteiger partial charge in [-0.15, -0.1) is 5.10 Å². The summed E-state index contributed by atoms with van der Waals surface area (Å²) in [5.74, 6) is -0.563. The second-order valence-electron chi connectivity index (χ2n) is 4.46. The highest BCUT2D eigenvalue weighted by molar-refractivity contribution is 6.33. The molecule has 0 spiro atoms. The van der Waals surface area contributed by atoms with E-state index in [0.717, 1.165) is 6.42 Å². The van der Waals surface area contributed by atoms with Crippen molar-refractivity contribution in [2.75, 3.05) is 0 Å². The van der Waals surface area contributed by atoms with Gasteiger partial charge in [0.15, 0.2) is 11.4 Å². The van der Waals surface area contributed by atoms with E-state index in [9.17, 15) is 9.90 Å². The normalized spacial score (nSPS) is 16.9. The van der Waals surface area contributed by atoms with Crippen molar-refractivity contribution in [3.8, 4) is 11.4 Å². The Balaban J connectivity index is 2.14. The van der Waals surface area contributed by atoms with E-state index < -0.39 is 11.5 Å². The van der Waals surface area contributed by atoms with Crippen LogP contribution in [0.3, 0.4) is 0 Å². The highest BCUT2D eigenvalue weighted by atomic mass is 35.5. The molecule has 1 aliphatic rings. The average molecular weight is 280 g/mol. The number of halogens is 1. The molecule has 0 bridgehead atoms. The van der Waals surface area contributed by atoms with Crippen LogP contribution in [-0.2, 0) is 10.3 Å². The number of carbonyl (C=O) groups is 1. The van der Waals surface area contributed by atoms with Crippen LogP contribution in [0.4, 0.5) is 0 Å². The molecule has 1 fully saturated rings. The zero-order valence-corrected chi connectivity index (χ0v) is 10.6. The number of hydrogen-bond donors (Lipinski definition) is 1. The van der Waals surface area contributed by atoms with E-state index in [-0.39, 0.29) is 0 Å². The van der Waals surface area contributed by atoms with Crippen molar-refractivity contribution in [2.24, 2.45) is 0 Å². The molecule has 0 aromatic carbocycles. The van der Waals surface area contributed by atoms with Gasteiger partial charge in [-0.1, -0.05) is 11.6 Å². The highest BCUT2D eigenvalue weighted by Gasteiger charge is 2.49. The molecule has 1 aliphatic carbocycles. The standard InChI is InChI=1S/C11H10ClN5O2/c12-8-6-13-5-2-7(8)9-14-15-16-17(9)11(10(18)19)3-1-4-11/h2,5-6H,1,3-4H2,(H,18,19). The largest absolute Gasteiger partial charge is 0.479 e. The van der Waals surface area contributed by atoms with Crippen molar-refractivity contribution in [2.45, 2.75) is 24.8 Å². The lowest BCUT2D eigenvalue weighted by atomic mass is 9.76. The maximum atomic E-state index is 11.5. The predicted octanol–water partition coefficient (Wildman–Crippen LogP) is 1.35. The lowest BCUT2D eigenvalue weighted by molar-refractivity contribution is -0.153. The SMILES string of the molecule is O=C(O)C1(n2nnnc2-c2ccncc2Cl)CCC1. The number of nitrogens with zero attached hydrogens (tertiary/aromatic N) is 5. The number of rotatable bonds is 3. The van der Waals surface area contributed by atoms with Crippen LogP contribution in [-0.4, -0.2) is 36.3 Å². The van der Waals surface area contributed by atoms with E-state index in [4.69, 9.17) is 11.6 Å². The summed E-state index contributed by atoms with van der Waals surface area (Å²) in [6, 6.07) is 1.67. The quantitative estimate of drug-likeness (QED) is 0.911. The van der Waals surface area contributed by atoms with E-state index in [1.54, 1.807) is 12.3 Å². The van der Waals surface area contributed by atoms with Crippen LogP contribution in [0.15, 0.2) is 18.5 Å². The van der Waals surface area contributed by atoms with Gasteiger partial charge < -0.3 is 5.11 Å². The van der Waals surface area contributed by atoms with Crippen molar-refractivity contribution in [3.63, 3.8) is 0 Å². The van der Waals surface area contributed by atoms with Crippen LogP contribution in [0.25, 0.3) is 11.4 Å². The third-order valence-corrected chi connectivity index (χ3v) is 3.77. The van der Waals surface area contributed by atoms with E-state index in [0.29, 0.717) is 29.3 Å². The summed E-state index contributed by atoms with van der Waals surface area (Å²) < 4.78 is 1.36. The van der Waals surface area contributed by atoms with Gasteiger partial charge in [-0.2, -0.15) is 0 Å². The first-order chi connectivity index (χ1) is 9.15. The molecule has 2 aromatic rings. The molecule has 0 radical (unpaired) electrons. The summed E-state index contributed by atoms with van der Waals surface area (Å²) in [4.78, 5) is 15.4. The van der Waals surface area contributed by atoms with Crippen molar-refractivity contribution in [3.05, 3.63) is 23.5 Å². The second kappa shape index (κ2) is 4.27. The van der Waals surface area contributed by atoms with Gasteiger partial charge >= 0.3 is 5.97 Å². The molecule has 7 nitrogen and oxygen atoms in total. The molecule has 2 heterocycles. The Morgan fingerprint density at radius 2 is 2.26 bits per heavy atom. The third kappa shape index (κ3) is 1.69. The van der Waals surface area contributed by atoms with Gasteiger partial charge in [0.1, 0.15) is 0 Å². The fourth-order valence-electron chi connectivity index (χ4n) is 2.23. The molecular formula is C11H10ClN5O2. The van der Waals surface area contributed by atoms with E-state index >= 15 is 0 Å². The number of aromatic nitrogens is 5.